The van der Waals surface area contributed by atoms with Crippen LogP contribution >= 0.6 is 0 Å². The summed E-state index contributed by atoms with van der Waals surface area (Å²) in [6.07, 6.45) is 4.36. The lowest BCUT2D eigenvalue weighted by Gasteiger charge is -2.31. The molecular formula is C19H26O3. The van der Waals surface area contributed by atoms with E-state index in [9.17, 15) is 5.11 Å². The van der Waals surface area contributed by atoms with E-state index in [1.54, 1.807) is 14.2 Å². The maximum Gasteiger partial charge on any atom is 0.103 e. The molecule has 0 spiro atoms. The van der Waals surface area contributed by atoms with E-state index in [0.717, 1.165) is 5.56 Å². The van der Waals surface area contributed by atoms with Gasteiger partial charge in [-0.3, -0.25) is 0 Å². The van der Waals surface area contributed by atoms with E-state index < -0.39 is 5.60 Å². The highest BCUT2D eigenvalue weighted by Gasteiger charge is 2.61. The molecule has 1 N–H and O–H groups in total. The number of benzene rings is 1. The second-order valence-electron chi connectivity index (χ2n) is 6.88. The van der Waals surface area contributed by atoms with Crippen molar-refractivity contribution < 1.29 is 14.6 Å². The monoisotopic (exact) mass is 302 g/mol. The van der Waals surface area contributed by atoms with Crippen LogP contribution in [0.3, 0.4) is 0 Å². The maximum atomic E-state index is 11.6. The second-order valence-corrected chi connectivity index (χ2v) is 6.88. The highest BCUT2D eigenvalue weighted by molar-refractivity contribution is 5.40. The van der Waals surface area contributed by atoms with Crippen LogP contribution in [0.4, 0.5) is 0 Å². The number of rotatable bonds is 5. The number of methoxy groups -OCH3 is 2. The molecule has 1 fully saturated rings. The molecule has 1 saturated carbocycles. The van der Waals surface area contributed by atoms with Crippen LogP contribution in [0.2, 0.25) is 0 Å². The summed E-state index contributed by atoms with van der Waals surface area (Å²) in [6.45, 7) is 5.49. The molecule has 3 rings (SSSR count). The predicted molar refractivity (Wildman–Crippen MR) is 86.7 cm³/mol. The van der Waals surface area contributed by atoms with E-state index >= 15 is 0 Å². The largest absolute Gasteiger partial charge is 0.384 e. The molecule has 0 radical (unpaired) electrons. The van der Waals surface area contributed by atoms with Crippen LogP contribution in [0, 0.1) is 37.5 Å². The third kappa shape index (κ3) is 2.23. The van der Waals surface area contributed by atoms with Gasteiger partial charge in [0.1, 0.15) is 5.60 Å². The van der Waals surface area contributed by atoms with E-state index in [1.165, 1.54) is 11.1 Å². The lowest BCUT2D eigenvalue weighted by molar-refractivity contribution is -0.0160. The number of hydrogen-bond acceptors (Lipinski definition) is 3. The van der Waals surface area contributed by atoms with Crippen LogP contribution in [0.15, 0.2) is 30.4 Å². The normalized spacial score (nSPS) is 36.2. The van der Waals surface area contributed by atoms with Crippen molar-refractivity contribution in [2.24, 2.45) is 23.7 Å². The molecule has 0 amide bonds. The van der Waals surface area contributed by atoms with E-state index in [1.807, 2.05) is 0 Å². The molecule has 2 aliphatic carbocycles. The van der Waals surface area contributed by atoms with Gasteiger partial charge in [0.25, 0.3) is 0 Å². The summed E-state index contributed by atoms with van der Waals surface area (Å²) >= 11 is 0. The van der Waals surface area contributed by atoms with Crippen LogP contribution in [0.1, 0.15) is 16.7 Å². The van der Waals surface area contributed by atoms with E-state index in [0.29, 0.717) is 25.0 Å². The highest BCUT2D eigenvalue weighted by Crippen LogP contribution is 2.59. The summed E-state index contributed by atoms with van der Waals surface area (Å²) < 4.78 is 10.9. The Labute approximate surface area is 132 Å². The molecule has 2 bridgehead atoms. The van der Waals surface area contributed by atoms with Crippen molar-refractivity contribution in [1.82, 2.24) is 0 Å². The molecule has 2 aliphatic rings. The summed E-state index contributed by atoms with van der Waals surface area (Å²) in [5, 5.41) is 11.6. The average Bonchev–Trinajstić information content (AvgIpc) is 2.90. The smallest absolute Gasteiger partial charge is 0.103 e. The van der Waals surface area contributed by atoms with E-state index in [-0.39, 0.29) is 11.8 Å². The minimum Gasteiger partial charge on any atom is -0.384 e. The lowest BCUT2D eigenvalue weighted by Crippen LogP contribution is -2.34. The van der Waals surface area contributed by atoms with Crippen molar-refractivity contribution >= 4 is 0 Å². The van der Waals surface area contributed by atoms with Crippen molar-refractivity contribution in [2.45, 2.75) is 19.4 Å². The topological polar surface area (TPSA) is 38.7 Å². The van der Waals surface area contributed by atoms with Crippen LogP contribution in [0.5, 0.6) is 0 Å². The van der Waals surface area contributed by atoms with Crippen LogP contribution in [-0.2, 0) is 15.1 Å². The number of aryl methyl sites for hydroxylation is 2. The molecule has 5 atom stereocenters. The molecule has 0 aliphatic heterocycles. The van der Waals surface area contributed by atoms with E-state index in [4.69, 9.17) is 9.47 Å². The number of ether oxygens (including phenoxy) is 2. The predicted octanol–water partition coefficient (Wildman–Crippen LogP) is 2.83. The molecule has 0 aromatic heterocycles. The third-order valence-corrected chi connectivity index (χ3v) is 5.42. The molecule has 1 unspecified atom stereocenters. The molecular weight excluding hydrogens is 276 g/mol. The first kappa shape index (κ1) is 15.7. The Hall–Kier alpha value is -1.16. The molecule has 1 aromatic rings. The molecule has 0 heterocycles. The van der Waals surface area contributed by atoms with Crippen molar-refractivity contribution in [3.63, 3.8) is 0 Å². The van der Waals surface area contributed by atoms with Gasteiger partial charge in [-0.15, -0.1) is 0 Å². The number of aliphatic hydroxyl groups is 1. The lowest BCUT2D eigenvalue weighted by atomic mass is 9.80. The summed E-state index contributed by atoms with van der Waals surface area (Å²) in [5.74, 6) is 0.786. The Morgan fingerprint density at radius 2 is 1.36 bits per heavy atom. The minimum absolute atomic E-state index is 0.0961. The van der Waals surface area contributed by atoms with Crippen molar-refractivity contribution in [3.05, 3.63) is 47.0 Å². The SMILES string of the molecule is COC[C@@H]1[C@H](COC)[C@@H]2C=C[C@H]1C2(O)c1cc(C)cc(C)c1. The highest BCUT2D eigenvalue weighted by atomic mass is 16.5. The fraction of sp³-hybridized carbons (Fsp3) is 0.579. The first-order valence-corrected chi connectivity index (χ1v) is 7.99. The van der Waals surface area contributed by atoms with Crippen molar-refractivity contribution in [2.75, 3.05) is 27.4 Å². The minimum atomic E-state index is -0.830. The summed E-state index contributed by atoms with van der Waals surface area (Å²) in [4.78, 5) is 0. The van der Waals surface area contributed by atoms with Gasteiger partial charge in [0.15, 0.2) is 0 Å². The van der Waals surface area contributed by atoms with Gasteiger partial charge in [0.05, 0.1) is 13.2 Å². The Balaban J connectivity index is 2.03. The van der Waals surface area contributed by atoms with Crippen LogP contribution in [-0.4, -0.2) is 32.5 Å². The number of hydrogen-bond donors (Lipinski definition) is 1. The summed E-state index contributed by atoms with van der Waals surface area (Å²) in [7, 11) is 3.46. The fourth-order valence-electron chi connectivity index (χ4n) is 4.66. The Bertz CT molecular complexity index is 536. The summed E-state index contributed by atoms with van der Waals surface area (Å²) in [6, 6.07) is 6.40. The standard InChI is InChI=1S/C19H26O3/c1-12-7-13(2)9-14(8-12)19(20)17-5-6-18(19)16(11-22-4)15(17)10-21-3/h5-9,15-18,20H,10-11H2,1-4H3/t15-,16+,17-,18+,19?. The Kier molecular flexibility index (Phi) is 4.15. The van der Waals surface area contributed by atoms with Gasteiger partial charge in [-0.25, -0.2) is 0 Å². The maximum absolute atomic E-state index is 11.6. The third-order valence-electron chi connectivity index (χ3n) is 5.42. The zero-order chi connectivity index (χ0) is 15.9. The van der Waals surface area contributed by atoms with Gasteiger partial charge >= 0.3 is 0 Å². The molecule has 3 nitrogen and oxygen atoms in total. The average molecular weight is 302 g/mol. The van der Waals surface area contributed by atoms with Gasteiger partial charge in [0.2, 0.25) is 0 Å². The Morgan fingerprint density at radius 1 is 0.909 bits per heavy atom. The molecule has 120 valence electrons. The number of fused-ring (bicyclic) bond motifs is 2. The van der Waals surface area contributed by atoms with Crippen LogP contribution in [0.25, 0.3) is 0 Å². The zero-order valence-corrected chi connectivity index (χ0v) is 13.9. The van der Waals surface area contributed by atoms with Crippen molar-refractivity contribution in [1.29, 1.82) is 0 Å². The van der Waals surface area contributed by atoms with Crippen molar-refractivity contribution in [3.8, 4) is 0 Å². The second kappa shape index (κ2) is 5.80. The van der Waals surface area contributed by atoms with E-state index in [2.05, 4.69) is 44.2 Å². The van der Waals surface area contributed by atoms with Crippen LogP contribution < -0.4 is 0 Å². The quantitative estimate of drug-likeness (QED) is 0.850. The van der Waals surface area contributed by atoms with Gasteiger partial charge in [-0.05, 0) is 31.2 Å². The van der Waals surface area contributed by atoms with Gasteiger partial charge in [-0.1, -0.05) is 41.5 Å². The van der Waals surface area contributed by atoms with Gasteiger partial charge < -0.3 is 14.6 Å². The summed E-state index contributed by atoms with van der Waals surface area (Å²) in [5.41, 5.74) is 2.59. The van der Waals surface area contributed by atoms with Gasteiger partial charge in [0, 0.05) is 26.1 Å². The molecule has 1 aromatic carbocycles. The fourth-order valence-corrected chi connectivity index (χ4v) is 4.66. The Morgan fingerprint density at radius 3 is 1.77 bits per heavy atom. The molecule has 22 heavy (non-hydrogen) atoms. The first-order chi connectivity index (χ1) is 10.5. The molecule has 0 saturated heterocycles. The molecule has 3 heteroatoms. The van der Waals surface area contributed by atoms with Gasteiger partial charge in [-0.2, -0.15) is 0 Å². The zero-order valence-electron chi connectivity index (χ0n) is 13.9. The first-order valence-electron chi connectivity index (χ1n) is 7.99.